The minimum Gasteiger partial charge on any atom is -0.330 e. The topological polar surface area (TPSA) is 26.0 Å². The standard InChI is InChI=1S/C16H21N/c1-12-9-15(13(2)11-17)7-8-16(12)10-14-5-3-4-6-14/h3-5,7-9,13H,6,10-11,17H2,1-2H3. The summed E-state index contributed by atoms with van der Waals surface area (Å²) in [5.74, 6) is 0.454. The van der Waals surface area contributed by atoms with Crippen LogP contribution in [0.15, 0.2) is 42.0 Å². The number of nitrogens with two attached hydrogens (primary N) is 1. The smallest absolute Gasteiger partial charge is 0.00109 e. The molecule has 2 N–H and O–H groups in total. The lowest BCUT2D eigenvalue weighted by atomic mass is 9.94. The number of allylic oxidation sites excluding steroid dienone is 4. The van der Waals surface area contributed by atoms with Crippen LogP contribution in [0.25, 0.3) is 0 Å². The molecule has 0 heterocycles. The molecule has 1 nitrogen and oxygen atoms in total. The molecular weight excluding hydrogens is 206 g/mol. The van der Waals surface area contributed by atoms with Gasteiger partial charge in [-0.3, -0.25) is 0 Å². The van der Waals surface area contributed by atoms with Gasteiger partial charge in [-0.05, 0) is 48.9 Å². The average molecular weight is 227 g/mol. The van der Waals surface area contributed by atoms with E-state index in [0.717, 1.165) is 12.8 Å². The van der Waals surface area contributed by atoms with Crippen LogP contribution in [0.5, 0.6) is 0 Å². The van der Waals surface area contributed by atoms with E-state index in [4.69, 9.17) is 5.73 Å². The Balaban J connectivity index is 2.14. The van der Waals surface area contributed by atoms with Gasteiger partial charge in [-0.1, -0.05) is 48.9 Å². The fraction of sp³-hybridized carbons (Fsp3) is 0.375. The van der Waals surface area contributed by atoms with Crippen molar-refractivity contribution in [2.24, 2.45) is 5.73 Å². The highest BCUT2D eigenvalue weighted by molar-refractivity contribution is 5.37. The molecule has 0 bridgehead atoms. The van der Waals surface area contributed by atoms with Gasteiger partial charge in [0.15, 0.2) is 0 Å². The molecule has 1 unspecified atom stereocenters. The molecule has 17 heavy (non-hydrogen) atoms. The highest BCUT2D eigenvalue weighted by Gasteiger charge is 2.07. The van der Waals surface area contributed by atoms with Crippen LogP contribution in [0, 0.1) is 6.92 Å². The van der Waals surface area contributed by atoms with Crippen LogP contribution in [0.2, 0.25) is 0 Å². The Hall–Kier alpha value is -1.34. The van der Waals surface area contributed by atoms with Gasteiger partial charge >= 0.3 is 0 Å². The summed E-state index contributed by atoms with van der Waals surface area (Å²) in [6.45, 7) is 5.09. The first kappa shape index (κ1) is 12.1. The first-order chi connectivity index (χ1) is 8.20. The summed E-state index contributed by atoms with van der Waals surface area (Å²) in [5, 5.41) is 0. The monoisotopic (exact) mass is 227 g/mol. The predicted molar refractivity (Wildman–Crippen MR) is 74.2 cm³/mol. The van der Waals surface area contributed by atoms with E-state index in [0.29, 0.717) is 12.5 Å². The molecule has 0 saturated heterocycles. The molecule has 0 spiro atoms. The number of rotatable bonds is 4. The highest BCUT2D eigenvalue weighted by Crippen LogP contribution is 2.22. The van der Waals surface area contributed by atoms with Crippen LogP contribution >= 0.6 is 0 Å². The minimum absolute atomic E-state index is 0.454. The molecule has 0 saturated carbocycles. The molecule has 1 heteroatoms. The normalized spacial score (nSPS) is 16.1. The zero-order valence-corrected chi connectivity index (χ0v) is 10.7. The van der Waals surface area contributed by atoms with Gasteiger partial charge in [-0.2, -0.15) is 0 Å². The Kier molecular flexibility index (Phi) is 3.80. The van der Waals surface area contributed by atoms with Crippen molar-refractivity contribution >= 4 is 0 Å². The molecule has 2 rings (SSSR count). The molecular formula is C16H21N. The van der Waals surface area contributed by atoms with Crippen molar-refractivity contribution in [3.8, 4) is 0 Å². The third-order valence-electron chi connectivity index (χ3n) is 3.55. The van der Waals surface area contributed by atoms with E-state index in [1.165, 1.54) is 22.3 Å². The van der Waals surface area contributed by atoms with Crippen molar-refractivity contribution in [3.63, 3.8) is 0 Å². The number of hydrogen-bond donors (Lipinski definition) is 1. The largest absolute Gasteiger partial charge is 0.330 e. The van der Waals surface area contributed by atoms with Gasteiger partial charge in [0.25, 0.3) is 0 Å². The molecule has 1 aliphatic rings. The van der Waals surface area contributed by atoms with Crippen LogP contribution in [-0.2, 0) is 6.42 Å². The van der Waals surface area contributed by atoms with Gasteiger partial charge in [0.05, 0.1) is 0 Å². The van der Waals surface area contributed by atoms with Gasteiger partial charge in [0, 0.05) is 0 Å². The lowest BCUT2D eigenvalue weighted by Crippen LogP contribution is -2.09. The van der Waals surface area contributed by atoms with Gasteiger partial charge in [-0.25, -0.2) is 0 Å². The maximum atomic E-state index is 5.71. The lowest BCUT2D eigenvalue weighted by molar-refractivity contribution is 0.772. The summed E-state index contributed by atoms with van der Waals surface area (Å²) in [6, 6.07) is 6.77. The maximum absolute atomic E-state index is 5.71. The summed E-state index contributed by atoms with van der Waals surface area (Å²) in [6.07, 6.45) is 8.79. The molecule has 1 aliphatic carbocycles. The summed E-state index contributed by atoms with van der Waals surface area (Å²) < 4.78 is 0. The number of aryl methyl sites for hydroxylation is 1. The van der Waals surface area contributed by atoms with E-state index in [2.05, 4.69) is 50.3 Å². The first-order valence-corrected chi connectivity index (χ1v) is 6.34. The second-order valence-electron chi connectivity index (χ2n) is 4.96. The Labute approximate surface area is 104 Å². The molecule has 0 aromatic heterocycles. The van der Waals surface area contributed by atoms with Crippen molar-refractivity contribution in [3.05, 3.63) is 58.7 Å². The fourth-order valence-corrected chi connectivity index (χ4v) is 2.23. The van der Waals surface area contributed by atoms with E-state index in [1.54, 1.807) is 0 Å². The second kappa shape index (κ2) is 5.33. The molecule has 1 atom stereocenters. The van der Waals surface area contributed by atoms with Crippen molar-refractivity contribution in [1.82, 2.24) is 0 Å². The van der Waals surface area contributed by atoms with Gasteiger partial charge in [0.1, 0.15) is 0 Å². The lowest BCUT2D eigenvalue weighted by Gasteiger charge is -2.13. The van der Waals surface area contributed by atoms with Gasteiger partial charge in [-0.15, -0.1) is 0 Å². The van der Waals surface area contributed by atoms with Crippen molar-refractivity contribution in [2.45, 2.75) is 32.6 Å². The SMILES string of the molecule is Cc1cc(C(C)CN)ccc1CC1=CC=CC1. The molecule has 0 amide bonds. The van der Waals surface area contributed by atoms with E-state index in [1.807, 2.05) is 0 Å². The van der Waals surface area contributed by atoms with Crippen LogP contribution in [0.1, 0.15) is 36.0 Å². The van der Waals surface area contributed by atoms with Gasteiger partial charge in [0.2, 0.25) is 0 Å². The second-order valence-corrected chi connectivity index (χ2v) is 4.96. The summed E-state index contributed by atoms with van der Waals surface area (Å²) in [7, 11) is 0. The predicted octanol–water partition coefficient (Wildman–Crippen LogP) is 3.49. The number of benzene rings is 1. The number of hydrogen-bond acceptors (Lipinski definition) is 1. The average Bonchev–Trinajstić information content (AvgIpc) is 2.83. The Morgan fingerprint density at radius 1 is 1.35 bits per heavy atom. The fourth-order valence-electron chi connectivity index (χ4n) is 2.23. The molecule has 0 aliphatic heterocycles. The van der Waals surface area contributed by atoms with Crippen LogP contribution < -0.4 is 5.73 Å². The van der Waals surface area contributed by atoms with Gasteiger partial charge < -0.3 is 5.73 Å². The maximum Gasteiger partial charge on any atom is -0.00109 e. The van der Waals surface area contributed by atoms with Crippen LogP contribution in [0.4, 0.5) is 0 Å². The summed E-state index contributed by atoms with van der Waals surface area (Å²) in [5.41, 5.74) is 11.4. The van der Waals surface area contributed by atoms with Crippen LogP contribution in [0.3, 0.4) is 0 Å². The zero-order chi connectivity index (χ0) is 12.3. The highest BCUT2D eigenvalue weighted by atomic mass is 14.5. The summed E-state index contributed by atoms with van der Waals surface area (Å²) in [4.78, 5) is 0. The molecule has 90 valence electrons. The van der Waals surface area contributed by atoms with Crippen molar-refractivity contribution < 1.29 is 0 Å². The van der Waals surface area contributed by atoms with Crippen LogP contribution in [-0.4, -0.2) is 6.54 Å². The molecule has 0 radical (unpaired) electrons. The van der Waals surface area contributed by atoms with E-state index < -0.39 is 0 Å². The molecule has 1 aromatic carbocycles. The first-order valence-electron chi connectivity index (χ1n) is 6.34. The Morgan fingerprint density at radius 3 is 2.76 bits per heavy atom. The zero-order valence-electron chi connectivity index (χ0n) is 10.7. The molecule has 0 fully saturated rings. The Morgan fingerprint density at radius 2 is 2.18 bits per heavy atom. The third-order valence-corrected chi connectivity index (χ3v) is 3.55. The van der Waals surface area contributed by atoms with E-state index >= 15 is 0 Å². The minimum atomic E-state index is 0.454. The summed E-state index contributed by atoms with van der Waals surface area (Å²) >= 11 is 0. The molecule has 1 aromatic rings. The van der Waals surface area contributed by atoms with Crippen molar-refractivity contribution in [2.75, 3.05) is 6.54 Å². The Bertz CT molecular complexity index is 455. The van der Waals surface area contributed by atoms with E-state index in [9.17, 15) is 0 Å². The third kappa shape index (κ3) is 2.86. The van der Waals surface area contributed by atoms with E-state index in [-0.39, 0.29) is 0 Å². The quantitative estimate of drug-likeness (QED) is 0.837. The van der Waals surface area contributed by atoms with Crippen molar-refractivity contribution in [1.29, 1.82) is 0 Å².